The smallest absolute Gasteiger partial charge is 0.409 e. The van der Waals surface area contributed by atoms with Gasteiger partial charge < -0.3 is 25.0 Å². The predicted octanol–water partition coefficient (Wildman–Crippen LogP) is 5.07. The number of thiazole rings is 1. The van der Waals surface area contributed by atoms with Crippen LogP contribution in [0.4, 0.5) is 15.6 Å². The fourth-order valence-electron chi connectivity index (χ4n) is 4.68. The van der Waals surface area contributed by atoms with Gasteiger partial charge in [-0.2, -0.15) is 0 Å². The molecule has 1 unspecified atom stereocenters. The predicted molar refractivity (Wildman–Crippen MR) is 143 cm³/mol. The number of carbonyl (C=O) groups is 2. The maximum absolute atomic E-state index is 12.2. The normalized spacial score (nSPS) is 18.7. The lowest BCUT2D eigenvalue weighted by atomic mass is 9.81. The number of benzene rings is 1. The molecule has 0 radical (unpaired) electrons. The summed E-state index contributed by atoms with van der Waals surface area (Å²) in [5, 5.41) is 13.4. The van der Waals surface area contributed by atoms with Gasteiger partial charge >= 0.3 is 6.09 Å². The monoisotopic (exact) mass is 546 g/mol. The number of anilines is 2. The van der Waals surface area contributed by atoms with E-state index in [-0.39, 0.29) is 17.3 Å². The summed E-state index contributed by atoms with van der Waals surface area (Å²) in [4.78, 5) is 32.1. The molecule has 4 rings (SSSR count). The average molecular weight is 547 g/mol. The number of nitrogens with one attached hydrogen (secondary N) is 1. The van der Waals surface area contributed by atoms with E-state index in [0.717, 1.165) is 38.6 Å². The fourth-order valence-corrected chi connectivity index (χ4v) is 6.75. The van der Waals surface area contributed by atoms with E-state index in [1.54, 1.807) is 34.1 Å². The van der Waals surface area contributed by atoms with Crippen molar-refractivity contribution in [2.45, 2.75) is 35.8 Å². The molecule has 1 atom stereocenters. The van der Waals surface area contributed by atoms with Crippen LogP contribution in [0.25, 0.3) is 0 Å². The number of rotatable bonds is 8. The van der Waals surface area contributed by atoms with Crippen LogP contribution in [-0.2, 0) is 14.9 Å². The lowest BCUT2D eigenvalue weighted by Gasteiger charge is -2.27. The van der Waals surface area contributed by atoms with Crippen molar-refractivity contribution in [1.29, 1.82) is 0 Å². The minimum absolute atomic E-state index is 0.230. The molecule has 1 fully saturated rings. The van der Waals surface area contributed by atoms with Crippen LogP contribution >= 0.6 is 34.7 Å². The summed E-state index contributed by atoms with van der Waals surface area (Å²) < 4.78 is 6.01. The van der Waals surface area contributed by atoms with Crippen LogP contribution in [0.3, 0.4) is 0 Å². The summed E-state index contributed by atoms with van der Waals surface area (Å²) >= 11 is 9.57. The van der Waals surface area contributed by atoms with Crippen LogP contribution < -0.4 is 10.2 Å². The molecular weight excluding hydrogens is 520 g/mol. The van der Waals surface area contributed by atoms with Crippen molar-refractivity contribution in [2.24, 2.45) is 0 Å². The van der Waals surface area contributed by atoms with Crippen LogP contribution in [0, 0.1) is 12.0 Å². The SMILES string of the molecule is CC=C(Nc1ncc(SCCCC(=O)C#CO)s1)N1CC2(CCN(C(=O)OC)C2)c2cc(Cl)ccc21. The number of hydrogen-bond acceptors (Lipinski definition) is 9. The molecule has 2 aliphatic heterocycles. The number of halogens is 1. The third kappa shape index (κ3) is 5.59. The number of fused-ring (bicyclic) bond motifs is 2. The first-order valence-electron chi connectivity index (χ1n) is 11.5. The highest BCUT2D eigenvalue weighted by Crippen LogP contribution is 2.48. The molecule has 36 heavy (non-hydrogen) atoms. The number of amides is 1. The van der Waals surface area contributed by atoms with Gasteiger partial charge in [0.2, 0.25) is 5.78 Å². The summed E-state index contributed by atoms with van der Waals surface area (Å²) in [6, 6.07) is 5.94. The van der Waals surface area contributed by atoms with Crippen LogP contribution in [0.1, 0.15) is 31.7 Å². The van der Waals surface area contributed by atoms with Crippen molar-refractivity contribution in [2.75, 3.05) is 42.7 Å². The Balaban J connectivity index is 1.45. The van der Waals surface area contributed by atoms with Gasteiger partial charge in [-0.1, -0.05) is 22.9 Å². The van der Waals surface area contributed by atoms with Crippen molar-refractivity contribution >= 4 is 57.4 Å². The fraction of sp³-hybridized carbons (Fsp3) is 0.400. The summed E-state index contributed by atoms with van der Waals surface area (Å²) in [7, 11) is 1.41. The number of aromatic nitrogens is 1. The molecule has 190 valence electrons. The minimum Gasteiger partial charge on any atom is -0.462 e. The summed E-state index contributed by atoms with van der Waals surface area (Å²) in [6.07, 6.45) is 7.01. The molecular formula is C25H27ClN4O4S2. The molecule has 11 heteroatoms. The maximum atomic E-state index is 12.2. The molecule has 2 N–H and O–H groups in total. The van der Waals surface area contributed by atoms with E-state index in [1.165, 1.54) is 7.11 Å². The average Bonchev–Trinajstić information content (AvgIpc) is 3.58. The number of ether oxygens (including phenoxy) is 1. The van der Waals surface area contributed by atoms with Crippen LogP contribution in [-0.4, -0.2) is 59.4 Å². The summed E-state index contributed by atoms with van der Waals surface area (Å²) in [6.45, 7) is 3.90. The topological polar surface area (TPSA) is 95.0 Å². The van der Waals surface area contributed by atoms with Crippen LogP contribution in [0.5, 0.6) is 0 Å². The van der Waals surface area contributed by atoms with Gasteiger partial charge in [0.05, 0.1) is 17.5 Å². The first-order chi connectivity index (χ1) is 17.4. The Morgan fingerprint density at radius 3 is 3.00 bits per heavy atom. The van der Waals surface area contributed by atoms with Gasteiger partial charge in [-0.15, -0.1) is 11.8 Å². The molecule has 1 aromatic heterocycles. The molecule has 1 aromatic carbocycles. The Hall–Kier alpha value is -2.87. The van der Waals surface area contributed by atoms with E-state index in [1.807, 2.05) is 37.4 Å². The second kappa shape index (κ2) is 11.5. The van der Waals surface area contributed by atoms with Crippen molar-refractivity contribution in [1.82, 2.24) is 9.88 Å². The highest BCUT2D eigenvalue weighted by molar-refractivity contribution is 8.01. The van der Waals surface area contributed by atoms with Gasteiger partial charge in [0.25, 0.3) is 0 Å². The zero-order valence-corrected chi connectivity index (χ0v) is 22.4. The third-order valence-corrected chi connectivity index (χ3v) is 8.77. The van der Waals surface area contributed by atoms with E-state index in [0.29, 0.717) is 37.5 Å². The van der Waals surface area contributed by atoms with Crippen LogP contribution in [0.15, 0.2) is 40.5 Å². The Morgan fingerprint density at radius 1 is 1.42 bits per heavy atom. The van der Waals surface area contributed by atoms with E-state index in [4.69, 9.17) is 21.4 Å². The second-order valence-electron chi connectivity index (χ2n) is 8.56. The van der Waals surface area contributed by atoms with Crippen molar-refractivity contribution in [3.8, 4) is 12.0 Å². The number of ketones is 1. The van der Waals surface area contributed by atoms with Gasteiger partial charge in [-0.05, 0) is 55.4 Å². The third-order valence-electron chi connectivity index (χ3n) is 6.34. The van der Waals surface area contributed by atoms with Crippen molar-refractivity contribution < 1.29 is 19.4 Å². The van der Waals surface area contributed by atoms with Crippen molar-refractivity contribution in [3.63, 3.8) is 0 Å². The molecule has 0 saturated carbocycles. The van der Waals surface area contributed by atoms with Gasteiger partial charge in [0.1, 0.15) is 11.9 Å². The highest BCUT2D eigenvalue weighted by atomic mass is 35.5. The Labute approximate surface area is 223 Å². The first-order valence-corrected chi connectivity index (χ1v) is 13.7. The summed E-state index contributed by atoms with van der Waals surface area (Å²) in [5.41, 5.74) is 1.97. The number of methoxy groups -OCH3 is 1. The number of likely N-dealkylation sites (tertiary alicyclic amines) is 1. The molecule has 2 aromatic rings. The molecule has 0 bridgehead atoms. The molecule has 0 aliphatic carbocycles. The molecule has 1 saturated heterocycles. The van der Waals surface area contributed by atoms with E-state index in [9.17, 15) is 9.59 Å². The number of Topliss-reactive ketones (excluding diaryl/α,β-unsaturated/α-hetero) is 1. The molecule has 2 aliphatic rings. The number of aliphatic hydroxyl groups is 1. The molecule has 3 heterocycles. The molecule has 8 nitrogen and oxygen atoms in total. The Kier molecular flexibility index (Phi) is 8.34. The number of carbonyl (C=O) groups excluding carboxylic acids is 2. The highest BCUT2D eigenvalue weighted by Gasteiger charge is 2.49. The number of allylic oxidation sites excluding steroid dienone is 1. The first kappa shape index (κ1) is 26.2. The number of hydrogen-bond donors (Lipinski definition) is 2. The number of nitrogens with zero attached hydrogens (tertiary/aromatic N) is 3. The van der Waals surface area contributed by atoms with Gasteiger partial charge in [-0.3, -0.25) is 4.79 Å². The Bertz CT molecular complexity index is 1240. The lowest BCUT2D eigenvalue weighted by molar-refractivity contribution is -0.113. The van der Waals surface area contributed by atoms with E-state index in [2.05, 4.69) is 21.1 Å². The van der Waals surface area contributed by atoms with E-state index >= 15 is 0 Å². The number of thioether (sulfide) groups is 1. The molecule has 1 spiro atoms. The quantitative estimate of drug-likeness (QED) is 0.269. The summed E-state index contributed by atoms with van der Waals surface area (Å²) in [5.74, 6) is 3.54. The van der Waals surface area contributed by atoms with Crippen LogP contribution in [0.2, 0.25) is 5.02 Å². The lowest BCUT2D eigenvalue weighted by Crippen LogP contribution is -2.38. The standard InChI is InChI=1S/C25H27ClN4O4S2/c1-3-21(28-23-27-14-22(36-23)35-12-4-5-18(32)8-11-31)30-16-25(9-10-29(15-25)24(33)34-2)19-13-17(26)6-7-20(19)30/h3,6-7,13-14,31H,4-5,9-10,12,15-16H2,1-2H3,(H,27,28). The minimum atomic E-state index is -0.309. The zero-order valence-electron chi connectivity index (χ0n) is 20.0. The van der Waals surface area contributed by atoms with E-state index < -0.39 is 0 Å². The largest absolute Gasteiger partial charge is 0.462 e. The van der Waals surface area contributed by atoms with Crippen molar-refractivity contribution in [3.05, 3.63) is 46.9 Å². The maximum Gasteiger partial charge on any atom is 0.409 e. The Morgan fingerprint density at radius 2 is 2.25 bits per heavy atom. The zero-order chi connectivity index (χ0) is 25.7. The number of aliphatic hydroxyl groups excluding tert-OH is 1. The molecule has 1 amide bonds. The van der Waals surface area contributed by atoms with Gasteiger partial charge in [0.15, 0.2) is 5.13 Å². The second-order valence-corrected chi connectivity index (χ2v) is 11.4. The van der Waals surface area contributed by atoms with Gasteiger partial charge in [0, 0.05) is 48.1 Å². The van der Waals surface area contributed by atoms with Gasteiger partial charge in [-0.25, -0.2) is 9.78 Å².